The molecule has 3 aromatic rings. The summed E-state index contributed by atoms with van der Waals surface area (Å²) in [6, 6.07) is 7.97. The number of halogens is 1. The summed E-state index contributed by atoms with van der Waals surface area (Å²) >= 11 is 0. The Morgan fingerprint density at radius 1 is 1.09 bits per heavy atom. The first kappa shape index (κ1) is 23.1. The van der Waals surface area contributed by atoms with Gasteiger partial charge in [0.05, 0.1) is 18.8 Å². The smallest absolute Gasteiger partial charge is 0.315 e. The maximum Gasteiger partial charge on any atom is 0.315 e. The SMILES string of the molecule is CCNC(=O)NCC(=O)N1CCN(c2ccc(-c3cc(CNc4ccon4)on3)cc2F)CC1. The third-order valence-electron chi connectivity index (χ3n) is 5.39. The van der Waals surface area contributed by atoms with Gasteiger partial charge in [-0.1, -0.05) is 16.4 Å². The summed E-state index contributed by atoms with van der Waals surface area (Å²) < 4.78 is 25.0. The highest BCUT2D eigenvalue weighted by molar-refractivity contribution is 5.84. The summed E-state index contributed by atoms with van der Waals surface area (Å²) in [6.45, 7) is 4.46. The van der Waals surface area contributed by atoms with Crippen LogP contribution in [0.1, 0.15) is 12.7 Å². The fourth-order valence-corrected chi connectivity index (χ4v) is 3.62. The molecule has 1 saturated heterocycles. The van der Waals surface area contributed by atoms with Crippen molar-refractivity contribution in [1.82, 2.24) is 25.8 Å². The molecule has 12 heteroatoms. The fraction of sp³-hybridized carbons (Fsp3) is 0.364. The molecule has 0 bridgehead atoms. The molecule has 4 rings (SSSR count). The lowest BCUT2D eigenvalue weighted by Crippen LogP contribution is -2.52. The van der Waals surface area contributed by atoms with Crippen LogP contribution in [-0.2, 0) is 11.3 Å². The maximum atomic E-state index is 14.9. The predicted molar refractivity (Wildman–Crippen MR) is 122 cm³/mol. The van der Waals surface area contributed by atoms with Crippen molar-refractivity contribution in [2.24, 2.45) is 0 Å². The molecule has 11 nitrogen and oxygen atoms in total. The average molecular weight is 471 g/mol. The van der Waals surface area contributed by atoms with Crippen molar-refractivity contribution in [1.29, 1.82) is 0 Å². The number of carbonyl (C=O) groups is 2. The van der Waals surface area contributed by atoms with Crippen LogP contribution in [0.25, 0.3) is 11.3 Å². The van der Waals surface area contributed by atoms with Gasteiger partial charge in [-0.15, -0.1) is 0 Å². The highest BCUT2D eigenvalue weighted by Crippen LogP contribution is 2.27. The highest BCUT2D eigenvalue weighted by Gasteiger charge is 2.23. The van der Waals surface area contributed by atoms with E-state index >= 15 is 0 Å². The molecule has 0 unspecified atom stereocenters. The standard InChI is InChI=1S/C22H26FN7O4/c1-2-24-22(32)26-14-21(31)30-8-6-29(7-9-30)19-4-3-15(11-17(19)23)18-12-16(34-27-18)13-25-20-5-10-33-28-20/h3-5,10-12H,2,6-9,13-14H2,1H3,(H,25,28)(H2,24,26,32). The Bertz CT molecular complexity index is 1110. The first-order chi connectivity index (χ1) is 16.5. The fourth-order valence-electron chi connectivity index (χ4n) is 3.62. The van der Waals surface area contributed by atoms with E-state index in [9.17, 15) is 14.0 Å². The Morgan fingerprint density at radius 2 is 1.91 bits per heavy atom. The van der Waals surface area contributed by atoms with Crippen LogP contribution in [0.5, 0.6) is 0 Å². The number of aromatic nitrogens is 2. The van der Waals surface area contributed by atoms with Crippen LogP contribution >= 0.6 is 0 Å². The number of piperazine rings is 1. The molecule has 0 saturated carbocycles. The van der Waals surface area contributed by atoms with E-state index < -0.39 is 0 Å². The molecule has 1 aliphatic rings. The van der Waals surface area contributed by atoms with Gasteiger partial charge in [-0.25, -0.2) is 9.18 Å². The molecule has 1 aliphatic heterocycles. The van der Waals surface area contributed by atoms with E-state index in [4.69, 9.17) is 9.05 Å². The Hall–Kier alpha value is -4.09. The zero-order chi connectivity index (χ0) is 23.9. The molecule has 1 fully saturated rings. The Morgan fingerprint density at radius 3 is 2.62 bits per heavy atom. The van der Waals surface area contributed by atoms with Crippen LogP contribution in [-0.4, -0.2) is 66.4 Å². The van der Waals surface area contributed by atoms with Gasteiger partial charge in [0.2, 0.25) is 5.91 Å². The van der Waals surface area contributed by atoms with E-state index in [0.29, 0.717) is 67.8 Å². The summed E-state index contributed by atoms with van der Waals surface area (Å²) in [5.41, 5.74) is 1.59. The molecule has 180 valence electrons. The van der Waals surface area contributed by atoms with Gasteiger partial charge < -0.3 is 34.8 Å². The van der Waals surface area contributed by atoms with E-state index in [1.807, 2.05) is 4.90 Å². The van der Waals surface area contributed by atoms with Gasteiger partial charge in [0, 0.05) is 50.4 Å². The molecule has 3 amide bonds. The second-order valence-corrected chi connectivity index (χ2v) is 7.66. The van der Waals surface area contributed by atoms with Gasteiger partial charge in [-0.2, -0.15) is 0 Å². The monoisotopic (exact) mass is 471 g/mol. The van der Waals surface area contributed by atoms with Crippen molar-refractivity contribution in [3.8, 4) is 11.3 Å². The minimum Gasteiger partial charge on any atom is -0.366 e. The number of urea groups is 1. The molecule has 3 N–H and O–H groups in total. The quantitative estimate of drug-likeness (QED) is 0.455. The van der Waals surface area contributed by atoms with E-state index in [0.717, 1.165) is 0 Å². The number of hydrogen-bond acceptors (Lipinski definition) is 8. The van der Waals surface area contributed by atoms with Gasteiger partial charge in [0.25, 0.3) is 0 Å². The third kappa shape index (κ3) is 5.63. The van der Waals surface area contributed by atoms with Crippen molar-refractivity contribution in [2.45, 2.75) is 13.5 Å². The average Bonchev–Trinajstić information content (AvgIpc) is 3.54. The van der Waals surface area contributed by atoms with Gasteiger partial charge >= 0.3 is 6.03 Å². The van der Waals surface area contributed by atoms with Crippen molar-refractivity contribution < 1.29 is 23.0 Å². The third-order valence-corrected chi connectivity index (χ3v) is 5.39. The number of benzene rings is 1. The number of nitrogens with one attached hydrogen (secondary N) is 3. The molecular formula is C22H26FN7O4. The number of carbonyl (C=O) groups excluding carboxylic acids is 2. The van der Waals surface area contributed by atoms with Crippen molar-refractivity contribution in [3.05, 3.63) is 48.2 Å². The number of nitrogens with zero attached hydrogens (tertiary/aromatic N) is 4. The minimum atomic E-state index is -0.375. The second-order valence-electron chi connectivity index (χ2n) is 7.66. The van der Waals surface area contributed by atoms with Gasteiger partial charge in [0.15, 0.2) is 11.6 Å². The predicted octanol–water partition coefficient (Wildman–Crippen LogP) is 2.05. The Kier molecular flexibility index (Phi) is 7.25. The molecule has 2 aromatic heterocycles. The molecule has 0 aliphatic carbocycles. The first-order valence-corrected chi connectivity index (χ1v) is 11.0. The Labute approximate surface area is 195 Å². The van der Waals surface area contributed by atoms with E-state index in [1.165, 1.54) is 12.3 Å². The Balaban J connectivity index is 1.31. The first-order valence-electron chi connectivity index (χ1n) is 11.0. The van der Waals surface area contributed by atoms with Crippen LogP contribution in [0.2, 0.25) is 0 Å². The van der Waals surface area contributed by atoms with E-state index in [1.54, 1.807) is 36.1 Å². The van der Waals surface area contributed by atoms with Crippen molar-refractivity contribution >= 4 is 23.4 Å². The largest absolute Gasteiger partial charge is 0.366 e. The summed E-state index contributed by atoms with van der Waals surface area (Å²) in [5.74, 6) is 0.611. The van der Waals surface area contributed by atoms with Crippen LogP contribution in [0.4, 0.5) is 20.7 Å². The second kappa shape index (κ2) is 10.7. The highest BCUT2D eigenvalue weighted by atomic mass is 19.1. The molecule has 0 radical (unpaired) electrons. The summed E-state index contributed by atoms with van der Waals surface area (Å²) in [4.78, 5) is 27.3. The van der Waals surface area contributed by atoms with Crippen LogP contribution in [0.3, 0.4) is 0 Å². The minimum absolute atomic E-state index is 0.0668. The topological polar surface area (TPSA) is 129 Å². The van der Waals surface area contributed by atoms with Crippen molar-refractivity contribution in [2.75, 3.05) is 49.5 Å². The molecule has 0 spiro atoms. The summed E-state index contributed by atoms with van der Waals surface area (Å²) in [7, 11) is 0. The summed E-state index contributed by atoms with van der Waals surface area (Å²) in [5, 5.41) is 15.9. The summed E-state index contributed by atoms with van der Waals surface area (Å²) in [6.07, 6.45) is 1.46. The molecular weight excluding hydrogens is 445 g/mol. The zero-order valence-corrected chi connectivity index (χ0v) is 18.7. The molecule has 34 heavy (non-hydrogen) atoms. The normalized spacial score (nSPS) is 13.6. The lowest BCUT2D eigenvalue weighted by Gasteiger charge is -2.36. The van der Waals surface area contributed by atoms with Gasteiger partial charge in [-0.3, -0.25) is 4.79 Å². The number of amides is 3. The lowest BCUT2D eigenvalue weighted by molar-refractivity contribution is -0.130. The van der Waals surface area contributed by atoms with E-state index in [2.05, 4.69) is 26.3 Å². The van der Waals surface area contributed by atoms with Crippen molar-refractivity contribution in [3.63, 3.8) is 0 Å². The van der Waals surface area contributed by atoms with Crippen LogP contribution in [0, 0.1) is 5.82 Å². The van der Waals surface area contributed by atoms with Crippen LogP contribution < -0.4 is 20.9 Å². The lowest BCUT2D eigenvalue weighted by atomic mass is 10.1. The van der Waals surface area contributed by atoms with E-state index in [-0.39, 0.29) is 24.3 Å². The maximum absolute atomic E-state index is 14.9. The zero-order valence-electron chi connectivity index (χ0n) is 18.7. The molecule has 0 atom stereocenters. The number of hydrogen-bond donors (Lipinski definition) is 3. The van der Waals surface area contributed by atoms with Gasteiger partial charge in [0.1, 0.15) is 17.8 Å². The van der Waals surface area contributed by atoms with Gasteiger partial charge in [-0.05, 0) is 19.1 Å². The molecule has 3 heterocycles. The van der Waals surface area contributed by atoms with Crippen LogP contribution in [0.15, 0.2) is 45.6 Å². The molecule has 1 aromatic carbocycles. The number of rotatable bonds is 8. The number of anilines is 2.